The second-order valence-corrected chi connectivity index (χ2v) is 3.66. The lowest BCUT2D eigenvalue weighted by atomic mass is 10.2. The number of hydrogen-bond acceptors (Lipinski definition) is 4. The van der Waals surface area contributed by atoms with Crippen molar-refractivity contribution in [1.29, 1.82) is 0 Å². The molecule has 6 nitrogen and oxygen atoms in total. The first-order valence-corrected chi connectivity index (χ1v) is 5.47. The Hall–Kier alpha value is -1.04. The topological polar surface area (TPSA) is 71.1 Å². The second kappa shape index (κ2) is 6.44. The van der Waals surface area contributed by atoms with E-state index in [9.17, 15) is 5.21 Å². The van der Waals surface area contributed by atoms with Crippen LogP contribution in [0.2, 0.25) is 0 Å². The Kier molecular flexibility index (Phi) is 5.17. The summed E-state index contributed by atoms with van der Waals surface area (Å²) in [5, 5.41) is 25.3. The molecule has 1 heterocycles. The van der Waals surface area contributed by atoms with Crippen LogP contribution in [-0.4, -0.2) is 40.9 Å². The number of aliphatic hydroxyl groups excluding tert-OH is 1. The van der Waals surface area contributed by atoms with Crippen LogP contribution in [0.1, 0.15) is 32.6 Å². The molecule has 6 heteroatoms. The lowest BCUT2D eigenvalue weighted by molar-refractivity contribution is -0.714. The number of rotatable bonds is 6. The molecule has 1 rings (SSSR count). The lowest BCUT2D eigenvalue weighted by Crippen LogP contribution is -2.37. The van der Waals surface area contributed by atoms with Gasteiger partial charge >= 0.3 is 0 Å². The summed E-state index contributed by atoms with van der Waals surface area (Å²) in [7, 11) is 0. The number of nitrogens with zero attached hydrogens (tertiary/aromatic N) is 3. The zero-order valence-electron chi connectivity index (χ0n) is 9.13. The predicted molar refractivity (Wildman–Crippen MR) is 53.7 cm³/mol. The molecule has 0 aromatic heterocycles. The molecule has 0 bridgehead atoms. The smallest absolute Gasteiger partial charge is 0.233 e. The molecule has 0 radical (unpaired) electrons. The Morgan fingerprint density at radius 3 is 3.13 bits per heavy atom. The molecule has 1 N–H and O–H groups in total. The van der Waals surface area contributed by atoms with E-state index in [0.717, 1.165) is 25.7 Å². The van der Waals surface area contributed by atoms with Crippen molar-refractivity contribution in [3.05, 3.63) is 5.21 Å². The minimum Gasteiger partial charge on any atom is -0.569 e. The van der Waals surface area contributed by atoms with Crippen LogP contribution in [0.15, 0.2) is 5.28 Å². The van der Waals surface area contributed by atoms with E-state index in [0.29, 0.717) is 18.1 Å². The molecule has 0 spiro atoms. The monoisotopic (exact) mass is 217 g/mol. The number of unbranched alkanes of at least 4 members (excludes halogenated alkanes) is 1. The average Bonchev–Trinajstić information content (AvgIpc) is 2.72. The van der Waals surface area contributed by atoms with Crippen molar-refractivity contribution in [1.82, 2.24) is 5.01 Å². The second-order valence-electron chi connectivity index (χ2n) is 3.66. The molecule has 88 valence electrons. The number of aliphatic hydroxyl groups is 1. The Balaban J connectivity index is 2.34. The fraction of sp³-hybridized carbons (Fsp3) is 1.00. The van der Waals surface area contributed by atoms with Gasteiger partial charge < -0.3 is 15.2 Å². The van der Waals surface area contributed by atoms with Crippen molar-refractivity contribution < 1.29 is 14.9 Å². The molecule has 0 unspecified atom stereocenters. The van der Waals surface area contributed by atoms with E-state index in [1.165, 1.54) is 5.01 Å². The van der Waals surface area contributed by atoms with Gasteiger partial charge in [0.25, 0.3) is 0 Å². The molecule has 0 aromatic rings. The van der Waals surface area contributed by atoms with Crippen molar-refractivity contribution in [2.45, 2.75) is 38.6 Å². The number of hydrazine groups is 1. The van der Waals surface area contributed by atoms with Gasteiger partial charge in [-0.2, -0.15) is 0 Å². The van der Waals surface area contributed by atoms with Gasteiger partial charge in [-0.3, -0.25) is 0 Å². The fourth-order valence-electron chi connectivity index (χ4n) is 1.58. The van der Waals surface area contributed by atoms with Crippen LogP contribution in [0, 0.1) is 5.21 Å². The highest BCUT2D eigenvalue weighted by molar-refractivity contribution is 4.71. The van der Waals surface area contributed by atoms with E-state index in [2.05, 4.69) is 5.28 Å². The molecule has 1 aliphatic heterocycles. The normalized spacial score (nSPS) is 22.1. The van der Waals surface area contributed by atoms with Crippen molar-refractivity contribution >= 4 is 0 Å². The molecule has 0 aromatic carbocycles. The zero-order valence-corrected chi connectivity index (χ0v) is 9.13. The summed E-state index contributed by atoms with van der Waals surface area (Å²) in [4.78, 5) is 5.32. The Bertz CT molecular complexity index is 211. The van der Waals surface area contributed by atoms with Gasteiger partial charge in [0.05, 0.1) is 18.1 Å². The largest absolute Gasteiger partial charge is 0.569 e. The standard InChI is InChI=1S/C9H19N3O3/c1-2-3-7-15-10-12(14)11-6-4-5-9(11)8-13/h9,13H,2-8H2,1H3/b12-10+/t9-/m0/s1. The third kappa shape index (κ3) is 3.54. The van der Waals surface area contributed by atoms with Crippen LogP contribution in [0.25, 0.3) is 0 Å². The van der Waals surface area contributed by atoms with Gasteiger partial charge in [0.2, 0.25) is 5.28 Å². The highest BCUT2D eigenvalue weighted by atomic mass is 16.7. The average molecular weight is 217 g/mol. The summed E-state index contributed by atoms with van der Waals surface area (Å²) in [6.07, 6.45) is 3.65. The minimum absolute atomic E-state index is 0.0107. The SMILES string of the molecule is CCCCO/N=[N+](/[O-])N1CCC[C@H]1CO. The Labute approximate surface area is 89.6 Å². The molecule has 0 aliphatic carbocycles. The van der Waals surface area contributed by atoms with Gasteiger partial charge in [-0.25, -0.2) is 0 Å². The van der Waals surface area contributed by atoms with Gasteiger partial charge in [0.15, 0.2) is 0 Å². The minimum atomic E-state index is -0.110. The Morgan fingerprint density at radius 2 is 2.47 bits per heavy atom. The third-order valence-corrected chi connectivity index (χ3v) is 2.49. The van der Waals surface area contributed by atoms with Crippen molar-refractivity contribution in [2.75, 3.05) is 19.8 Å². The summed E-state index contributed by atoms with van der Waals surface area (Å²) in [5.74, 6) is 0. The van der Waals surface area contributed by atoms with Gasteiger partial charge in [0, 0.05) is 0 Å². The summed E-state index contributed by atoms with van der Waals surface area (Å²) in [6, 6.07) is -0.110. The van der Waals surface area contributed by atoms with Crippen LogP contribution in [0.3, 0.4) is 0 Å². The van der Waals surface area contributed by atoms with E-state index in [4.69, 9.17) is 9.94 Å². The molecule has 1 saturated heterocycles. The first kappa shape index (κ1) is 12.0. The predicted octanol–water partition coefficient (Wildman–Crippen LogP) is 1.05. The maximum absolute atomic E-state index is 11.4. The van der Waals surface area contributed by atoms with E-state index < -0.39 is 0 Å². The number of hydrogen-bond donors (Lipinski definition) is 1. The van der Waals surface area contributed by atoms with Gasteiger partial charge in [-0.05, 0) is 19.3 Å². The first-order chi connectivity index (χ1) is 7.29. The molecular formula is C9H19N3O3. The lowest BCUT2D eigenvalue weighted by Gasteiger charge is -2.17. The van der Waals surface area contributed by atoms with Gasteiger partial charge in [-0.1, -0.05) is 13.3 Å². The van der Waals surface area contributed by atoms with E-state index >= 15 is 0 Å². The maximum Gasteiger partial charge on any atom is 0.233 e. The summed E-state index contributed by atoms with van der Waals surface area (Å²) < 4.78 is 0. The highest BCUT2D eigenvalue weighted by Crippen LogP contribution is 2.16. The molecule has 1 aliphatic rings. The van der Waals surface area contributed by atoms with Crippen LogP contribution in [0.5, 0.6) is 0 Å². The maximum atomic E-state index is 11.4. The molecule has 0 saturated carbocycles. The Morgan fingerprint density at radius 1 is 1.67 bits per heavy atom. The molecular weight excluding hydrogens is 198 g/mol. The fourth-order valence-corrected chi connectivity index (χ4v) is 1.58. The summed E-state index contributed by atoms with van der Waals surface area (Å²) in [6.45, 7) is 3.13. The summed E-state index contributed by atoms with van der Waals surface area (Å²) in [5.41, 5.74) is 0. The molecule has 0 amide bonds. The van der Waals surface area contributed by atoms with E-state index in [-0.39, 0.29) is 12.6 Å². The first-order valence-electron chi connectivity index (χ1n) is 5.47. The van der Waals surface area contributed by atoms with Crippen molar-refractivity contribution in [2.24, 2.45) is 5.28 Å². The molecule has 1 fully saturated rings. The van der Waals surface area contributed by atoms with Gasteiger partial charge in [-0.15, -0.1) is 5.01 Å². The van der Waals surface area contributed by atoms with Crippen molar-refractivity contribution in [3.63, 3.8) is 0 Å². The zero-order chi connectivity index (χ0) is 11.1. The van der Waals surface area contributed by atoms with E-state index in [1.54, 1.807) is 0 Å². The molecule has 15 heavy (non-hydrogen) atoms. The third-order valence-electron chi connectivity index (χ3n) is 2.49. The summed E-state index contributed by atoms with van der Waals surface area (Å²) >= 11 is 0. The quantitative estimate of drug-likeness (QED) is 0.312. The highest BCUT2D eigenvalue weighted by Gasteiger charge is 2.30. The van der Waals surface area contributed by atoms with E-state index in [1.807, 2.05) is 6.92 Å². The van der Waals surface area contributed by atoms with Gasteiger partial charge in [0.1, 0.15) is 12.6 Å². The molecule has 1 atom stereocenters. The van der Waals surface area contributed by atoms with Crippen LogP contribution < -0.4 is 0 Å². The van der Waals surface area contributed by atoms with Crippen LogP contribution in [-0.2, 0) is 4.84 Å². The van der Waals surface area contributed by atoms with Crippen molar-refractivity contribution in [3.8, 4) is 0 Å². The van der Waals surface area contributed by atoms with Crippen LogP contribution in [0.4, 0.5) is 0 Å². The van der Waals surface area contributed by atoms with Crippen LogP contribution >= 0.6 is 0 Å².